The third kappa shape index (κ3) is 31.2. The Kier molecular flexibility index (Phi) is 38.4. The molecule has 1 amide bonds. The molecule has 0 radical (unpaired) electrons. The minimum Gasteiger partial charge on any atom is -0.394 e. The van der Waals surface area contributed by atoms with Gasteiger partial charge in [-0.1, -0.05) is 205 Å². The van der Waals surface area contributed by atoms with E-state index in [1.54, 1.807) is 0 Å². The summed E-state index contributed by atoms with van der Waals surface area (Å²) in [5.41, 5.74) is 0. The third-order valence-corrected chi connectivity index (χ3v) is 12.1. The molecule has 1 aliphatic heterocycles. The van der Waals surface area contributed by atoms with Gasteiger partial charge in [0.1, 0.15) is 24.4 Å². The van der Waals surface area contributed by atoms with Crippen molar-refractivity contribution in [1.82, 2.24) is 5.32 Å². The second kappa shape index (κ2) is 40.7. The fraction of sp³-hybridized carbons (Fsp3) is 0.900. The quantitative estimate of drug-likeness (QED) is 0.0263. The van der Waals surface area contributed by atoms with Crippen LogP contribution in [0.4, 0.5) is 0 Å². The minimum absolute atomic E-state index is 0.136. The molecule has 7 unspecified atom stereocenters. The molecule has 1 heterocycles. The molecule has 9 nitrogen and oxygen atoms in total. The van der Waals surface area contributed by atoms with Gasteiger partial charge in [-0.3, -0.25) is 4.79 Å². The van der Waals surface area contributed by atoms with Crippen molar-refractivity contribution in [2.24, 2.45) is 0 Å². The van der Waals surface area contributed by atoms with Gasteiger partial charge in [0.2, 0.25) is 5.91 Å². The second-order valence-corrected chi connectivity index (χ2v) is 17.6. The first-order valence-electron chi connectivity index (χ1n) is 25.0. The van der Waals surface area contributed by atoms with E-state index in [9.17, 15) is 30.3 Å². The van der Waals surface area contributed by atoms with Crippen molar-refractivity contribution >= 4 is 5.91 Å². The van der Waals surface area contributed by atoms with Crippen LogP contribution in [0.5, 0.6) is 0 Å². The lowest BCUT2D eigenvalue weighted by Crippen LogP contribution is -2.60. The van der Waals surface area contributed by atoms with Crippen LogP contribution in [0.25, 0.3) is 0 Å². The van der Waals surface area contributed by atoms with Crippen molar-refractivity contribution in [2.45, 2.75) is 275 Å². The van der Waals surface area contributed by atoms with Crippen LogP contribution in [0.2, 0.25) is 0 Å². The number of carbonyl (C=O) groups excluding carboxylic acids is 1. The van der Waals surface area contributed by atoms with Crippen molar-refractivity contribution in [1.29, 1.82) is 0 Å². The van der Waals surface area contributed by atoms with Crippen LogP contribution in [0.1, 0.15) is 232 Å². The molecule has 1 rings (SSSR count). The zero-order chi connectivity index (χ0) is 43.0. The molecule has 0 spiro atoms. The van der Waals surface area contributed by atoms with Crippen molar-refractivity contribution in [2.75, 3.05) is 13.2 Å². The molecule has 1 aliphatic rings. The topological polar surface area (TPSA) is 149 Å². The molecule has 0 aromatic carbocycles. The summed E-state index contributed by atoms with van der Waals surface area (Å²) in [6.45, 7) is 3.82. The van der Waals surface area contributed by atoms with Crippen LogP contribution in [-0.4, -0.2) is 87.5 Å². The van der Waals surface area contributed by atoms with Gasteiger partial charge in [-0.25, -0.2) is 0 Å². The first-order valence-corrected chi connectivity index (χ1v) is 25.0. The summed E-state index contributed by atoms with van der Waals surface area (Å²) in [5.74, 6) is -0.145. The van der Waals surface area contributed by atoms with Crippen LogP contribution >= 0.6 is 0 Å². The largest absolute Gasteiger partial charge is 0.394 e. The number of hydrogen-bond acceptors (Lipinski definition) is 8. The second-order valence-electron chi connectivity index (χ2n) is 17.6. The predicted molar refractivity (Wildman–Crippen MR) is 244 cm³/mol. The van der Waals surface area contributed by atoms with Gasteiger partial charge in [0.25, 0.3) is 0 Å². The van der Waals surface area contributed by atoms with Crippen molar-refractivity contribution in [3.63, 3.8) is 0 Å². The number of aliphatic hydroxyl groups excluding tert-OH is 5. The Labute approximate surface area is 362 Å². The monoisotopic (exact) mass is 838 g/mol. The van der Waals surface area contributed by atoms with E-state index in [0.717, 1.165) is 44.9 Å². The first-order chi connectivity index (χ1) is 28.8. The fourth-order valence-corrected chi connectivity index (χ4v) is 8.02. The maximum Gasteiger partial charge on any atom is 0.220 e. The van der Waals surface area contributed by atoms with E-state index in [1.165, 1.54) is 161 Å². The zero-order valence-electron chi connectivity index (χ0n) is 38.3. The Morgan fingerprint density at radius 3 is 1.46 bits per heavy atom. The molecule has 0 aromatic rings. The van der Waals surface area contributed by atoms with E-state index in [0.29, 0.717) is 12.8 Å². The number of ether oxygens (including phenoxy) is 2. The fourth-order valence-electron chi connectivity index (χ4n) is 8.02. The third-order valence-electron chi connectivity index (χ3n) is 12.1. The number of unbranched alkanes of at least 4 members (excludes halogenated alkanes) is 28. The molecular weight excluding hydrogens is 743 g/mol. The van der Waals surface area contributed by atoms with Gasteiger partial charge in [-0.05, 0) is 44.9 Å². The summed E-state index contributed by atoms with van der Waals surface area (Å²) in [7, 11) is 0. The Morgan fingerprint density at radius 1 is 0.576 bits per heavy atom. The highest BCUT2D eigenvalue weighted by atomic mass is 16.7. The van der Waals surface area contributed by atoms with Gasteiger partial charge in [0, 0.05) is 6.42 Å². The number of nitrogens with one attached hydrogen (secondary N) is 1. The summed E-state index contributed by atoms with van der Waals surface area (Å²) >= 11 is 0. The molecule has 0 aliphatic carbocycles. The van der Waals surface area contributed by atoms with Crippen molar-refractivity contribution in [3.05, 3.63) is 24.3 Å². The van der Waals surface area contributed by atoms with Gasteiger partial charge in [0.05, 0.1) is 25.4 Å². The van der Waals surface area contributed by atoms with E-state index in [4.69, 9.17) is 9.47 Å². The first kappa shape index (κ1) is 55.7. The lowest BCUT2D eigenvalue weighted by atomic mass is 9.99. The zero-order valence-corrected chi connectivity index (χ0v) is 38.3. The highest BCUT2D eigenvalue weighted by Gasteiger charge is 2.44. The number of rotatable bonds is 42. The molecule has 59 heavy (non-hydrogen) atoms. The molecule has 1 fully saturated rings. The average molecular weight is 838 g/mol. The summed E-state index contributed by atoms with van der Waals surface area (Å²) in [5, 5.41) is 54.3. The molecule has 0 saturated carbocycles. The molecule has 7 atom stereocenters. The lowest BCUT2D eigenvalue weighted by Gasteiger charge is -2.40. The Bertz CT molecular complexity index is 977. The number of aliphatic hydroxyl groups is 5. The maximum absolute atomic E-state index is 13.0. The van der Waals surface area contributed by atoms with Crippen LogP contribution in [0.15, 0.2) is 24.3 Å². The lowest BCUT2D eigenvalue weighted by molar-refractivity contribution is -0.302. The van der Waals surface area contributed by atoms with Gasteiger partial charge in [-0.2, -0.15) is 0 Å². The van der Waals surface area contributed by atoms with E-state index < -0.39 is 49.5 Å². The summed E-state index contributed by atoms with van der Waals surface area (Å²) < 4.78 is 11.3. The standard InChI is InChI=1S/C50H95NO8/c1-3-5-7-9-11-13-15-16-17-18-19-20-21-22-23-24-25-26-27-28-30-32-34-36-38-40-46(54)51-43(42-58-50-49(57)48(56)47(55)45(41-52)59-50)44(53)39-37-35-33-31-29-14-12-10-8-6-4-2/h15-16,18-19,43-45,47-50,52-53,55-57H,3-14,17,20-42H2,1-2H3,(H,51,54)/b16-15-,19-18-. The number of carbonyl (C=O) groups is 1. The van der Waals surface area contributed by atoms with Gasteiger partial charge in [0.15, 0.2) is 6.29 Å². The summed E-state index contributed by atoms with van der Waals surface area (Å²) in [6.07, 6.45) is 42.0. The number of allylic oxidation sites excluding steroid dienone is 4. The van der Waals surface area contributed by atoms with E-state index in [1.807, 2.05) is 0 Å². The summed E-state index contributed by atoms with van der Waals surface area (Å²) in [4.78, 5) is 13.0. The summed E-state index contributed by atoms with van der Waals surface area (Å²) in [6, 6.07) is -0.716. The van der Waals surface area contributed by atoms with Crippen LogP contribution in [-0.2, 0) is 14.3 Å². The van der Waals surface area contributed by atoms with Crippen molar-refractivity contribution in [3.8, 4) is 0 Å². The minimum atomic E-state index is -1.55. The maximum atomic E-state index is 13.0. The Hall–Kier alpha value is -1.33. The average Bonchev–Trinajstić information content (AvgIpc) is 3.23. The molecule has 348 valence electrons. The predicted octanol–water partition coefficient (Wildman–Crippen LogP) is 11.1. The molecule has 0 aromatic heterocycles. The Morgan fingerprint density at radius 2 is 1.00 bits per heavy atom. The van der Waals surface area contributed by atoms with E-state index in [-0.39, 0.29) is 12.5 Å². The number of hydrogen-bond donors (Lipinski definition) is 6. The van der Waals surface area contributed by atoms with Gasteiger partial charge < -0.3 is 40.3 Å². The molecule has 9 heteroatoms. The van der Waals surface area contributed by atoms with Gasteiger partial charge >= 0.3 is 0 Å². The molecule has 0 bridgehead atoms. The molecular formula is C50H95NO8. The SMILES string of the molecule is CCCCCCC/C=C\C/C=C\CCCCCCCCCCCCCCCC(=O)NC(COC1OC(CO)C(O)C(O)C1O)C(O)CCCCCCCCCCCCC. The Balaban J connectivity index is 2.20. The number of amides is 1. The van der Waals surface area contributed by atoms with Crippen LogP contribution in [0.3, 0.4) is 0 Å². The molecule has 1 saturated heterocycles. The molecule has 6 N–H and O–H groups in total. The highest BCUT2D eigenvalue weighted by molar-refractivity contribution is 5.76. The highest BCUT2D eigenvalue weighted by Crippen LogP contribution is 2.23. The van der Waals surface area contributed by atoms with E-state index in [2.05, 4.69) is 43.5 Å². The van der Waals surface area contributed by atoms with E-state index >= 15 is 0 Å². The van der Waals surface area contributed by atoms with Gasteiger partial charge in [-0.15, -0.1) is 0 Å². The van der Waals surface area contributed by atoms with Crippen LogP contribution in [0, 0.1) is 0 Å². The smallest absolute Gasteiger partial charge is 0.220 e. The van der Waals surface area contributed by atoms with Crippen LogP contribution < -0.4 is 5.32 Å². The van der Waals surface area contributed by atoms with Crippen molar-refractivity contribution < 1.29 is 39.8 Å². The normalized spacial score (nSPS) is 20.8.